The number of benzene rings is 3. The maximum absolute atomic E-state index is 14.6. The van der Waals surface area contributed by atoms with Gasteiger partial charge in [-0.25, -0.2) is 4.98 Å². The summed E-state index contributed by atoms with van der Waals surface area (Å²) in [6, 6.07) is 27.3. The third-order valence-electron chi connectivity index (χ3n) is 10.7. The van der Waals surface area contributed by atoms with Crippen LogP contribution in [0.5, 0.6) is 5.75 Å². The highest BCUT2D eigenvalue weighted by Crippen LogP contribution is 2.57. The summed E-state index contributed by atoms with van der Waals surface area (Å²) in [5.74, 6) is -0.951. The van der Waals surface area contributed by atoms with Crippen LogP contribution in [0.1, 0.15) is 62.5 Å². The molecule has 2 aliphatic heterocycles. The molecule has 1 aromatic heterocycles. The fourth-order valence-electron chi connectivity index (χ4n) is 7.85. The van der Waals surface area contributed by atoms with Crippen LogP contribution >= 0.6 is 0 Å². The Labute approximate surface area is 288 Å². The number of aliphatic carboxylic acids is 1. The molecule has 7 heteroatoms. The lowest BCUT2D eigenvalue weighted by Crippen LogP contribution is -2.45. The number of carboxylic acids is 1. The SMILES string of the molecule is Cc1ccc2c(O[C@@H]3C[C@H]4C(=O)C[C@]5(C(=O)O)C[C@H]5/C=C\CCCCC[C@H](Cc5ccccc5)C(=O)N4C3)cc(-c3ccccc3)nc2c1. The van der Waals surface area contributed by atoms with Crippen molar-refractivity contribution in [3.63, 3.8) is 0 Å². The first-order valence-corrected chi connectivity index (χ1v) is 17.7. The van der Waals surface area contributed by atoms with Gasteiger partial charge in [0.2, 0.25) is 5.91 Å². The van der Waals surface area contributed by atoms with Crippen molar-refractivity contribution < 1.29 is 24.2 Å². The summed E-state index contributed by atoms with van der Waals surface area (Å²) < 4.78 is 6.78. The van der Waals surface area contributed by atoms with Crippen molar-refractivity contribution in [1.82, 2.24) is 9.88 Å². The lowest BCUT2D eigenvalue weighted by Gasteiger charge is -2.29. The molecule has 252 valence electrons. The van der Waals surface area contributed by atoms with Gasteiger partial charge in [0.25, 0.3) is 0 Å². The number of hydrogen-bond acceptors (Lipinski definition) is 5. The summed E-state index contributed by atoms with van der Waals surface area (Å²) in [6.45, 7) is 2.30. The Morgan fingerprint density at radius 1 is 0.980 bits per heavy atom. The maximum Gasteiger partial charge on any atom is 0.310 e. The van der Waals surface area contributed by atoms with E-state index in [0.29, 0.717) is 25.0 Å². The second-order valence-electron chi connectivity index (χ2n) is 14.2. The number of carbonyl (C=O) groups is 3. The van der Waals surface area contributed by atoms with E-state index in [4.69, 9.17) is 9.72 Å². The maximum atomic E-state index is 14.6. The molecule has 1 saturated heterocycles. The first-order valence-electron chi connectivity index (χ1n) is 17.7. The van der Waals surface area contributed by atoms with Gasteiger partial charge in [-0.3, -0.25) is 14.4 Å². The van der Waals surface area contributed by atoms with E-state index in [-0.39, 0.29) is 36.5 Å². The Morgan fingerprint density at radius 3 is 2.53 bits per heavy atom. The minimum atomic E-state index is -1.10. The van der Waals surface area contributed by atoms with Crippen LogP contribution in [0.15, 0.2) is 97.1 Å². The van der Waals surface area contributed by atoms with Crippen molar-refractivity contribution in [2.45, 2.75) is 76.9 Å². The van der Waals surface area contributed by atoms with Gasteiger partial charge in [0.15, 0.2) is 5.78 Å². The zero-order valence-electron chi connectivity index (χ0n) is 28.1. The first-order chi connectivity index (χ1) is 23.8. The van der Waals surface area contributed by atoms with E-state index in [2.05, 4.69) is 18.2 Å². The average Bonchev–Trinajstić information content (AvgIpc) is 3.64. The van der Waals surface area contributed by atoms with Gasteiger partial charge in [0.05, 0.1) is 29.2 Å². The summed E-state index contributed by atoms with van der Waals surface area (Å²) in [7, 11) is 0. The van der Waals surface area contributed by atoms with Crippen LogP contribution in [-0.4, -0.2) is 51.3 Å². The van der Waals surface area contributed by atoms with Crippen LogP contribution in [0.3, 0.4) is 0 Å². The van der Waals surface area contributed by atoms with Gasteiger partial charge in [-0.15, -0.1) is 0 Å². The van der Waals surface area contributed by atoms with Crippen LogP contribution in [0, 0.1) is 24.2 Å². The highest BCUT2D eigenvalue weighted by atomic mass is 16.5. The van der Waals surface area contributed by atoms with Crippen molar-refractivity contribution in [2.24, 2.45) is 17.3 Å². The van der Waals surface area contributed by atoms with Crippen molar-refractivity contribution in [3.8, 4) is 17.0 Å². The normalized spacial score (nSPS) is 26.7. The number of amides is 1. The second-order valence-corrected chi connectivity index (χ2v) is 14.2. The Bertz CT molecular complexity index is 1870. The van der Waals surface area contributed by atoms with Gasteiger partial charge in [0, 0.05) is 35.8 Å². The van der Waals surface area contributed by atoms with Gasteiger partial charge >= 0.3 is 5.97 Å². The summed E-state index contributed by atoms with van der Waals surface area (Å²) >= 11 is 0. The van der Waals surface area contributed by atoms with Crippen molar-refractivity contribution in [3.05, 3.63) is 108 Å². The molecule has 2 fully saturated rings. The van der Waals surface area contributed by atoms with E-state index < -0.39 is 23.5 Å². The number of Topliss-reactive ketones (excluding diaryl/α,β-unsaturated/α-hetero) is 1. The van der Waals surface area contributed by atoms with E-state index >= 15 is 0 Å². The molecule has 1 amide bonds. The molecule has 7 nitrogen and oxygen atoms in total. The van der Waals surface area contributed by atoms with Crippen LogP contribution in [-0.2, 0) is 20.8 Å². The number of ether oxygens (including phenoxy) is 1. The number of ketones is 1. The molecule has 1 aliphatic carbocycles. The average molecular weight is 657 g/mol. The molecule has 3 aromatic carbocycles. The Balaban J connectivity index is 1.23. The largest absolute Gasteiger partial charge is 0.488 e. The lowest BCUT2D eigenvalue weighted by atomic mass is 9.90. The molecule has 1 N–H and O–H groups in total. The highest BCUT2D eigenvalue weighted by molar-refractivity contribution is 5.95. The monoisotopic (exact) mass is 656 g/mol. The third-order valence-corrected chi connectivity index (χ3v) is 10.7. The van der Waals surface area contributed by atoms with E-state index in [1.54, 1.807) is 4.90 Å². The van der Waals surface area contributed by atoms with Crippen LogP contribution in [0.2, 0.25) is 0 Å². The van der Waals surface area contributed by atoms with Gasteiger partial charge in [-0.05, 0) is 68.2 Å². The number of fused-ring (bicyclic) bond motifs is 3. The van der Waals surface area contributed by atoms with Crippen LogP contribution in [0.4, 0.5) is 0 Å². The number of rotatable bonds is 6. The standard InChI is InChI=1S/C42H44N2O5/c1-28-19-20-34-36(21-28)43-35(30-15-10-6-11-16-30)24-39(34)49-33-23-37-38(45)26-42(41(47)48)25-32(42)18-12-4-2-3-9-17-31(40(46)44(37)27-33)22-29-13-7-5-8-14-29/h5-8,10-16,18-21,24,31-33,37H,2-4,9,17,22-23,25-27H2,1H3,(H,47,48)/b18-12-/t31-,32-,33-,37+,42-/m1/s1. The molecule has 49 heavy (non-hydrogen) atoms. The number of allylic oxidation sites excluding steroid dienone is 2. The molecule has 0 radical (unpaired) electrons. The molecule has 4 aromatic rings. The summed E-state index contributed by atoms with van der Waals surface area (Å²) in [4.78, 5) is 48.1. The molecule has 0 unspecified atom stereocenters. The molecule has 0 spiro atoms. The van der Waals surface area contributed by atoms with Crippen molar-refractivity contribution in [2.75, 3.05) is 6.54 Å². The number of hydrogen-bond donors (Lipinski definition) is 1. The second kappa shape index (κ2) is 14.0. The van der Waals surface area contributed by atoms with E-state index in [1.807, 2.05) is 85.8 Å². The summed E-state index contributed by atoms with van der Waals surface area (Å²) in [5.41, 5.74) is 3.65. The number of nitrogens with zero attached hydrogens (tertiary/aromatic N) is 2. The molecule has 3 aliphatic rings. The van der Waals surface area contributed by atoms with Crippen molar-refractivity contribution in [1.29, 1.82) is 0 Å². The predicted molar refractivity (Wildman–Crippen MR) is 190 cm³/mol. The van der Waals surface area contributed by atoms with Crippen molar-refractivity contribution >= 4 is 28.6 Å². The number of pyridine rings is 1. The smallest absolute Gasteiger partial charge is 0.310 e. The van der Waals surface area contributed by atoms with Gasteiger partial charge in [-0.2, -0.15) is 0 Å². The van der Waals surface area contributed by atoms with E-state index in [1.165, 1.54) is 0 Å². The zero-order valence-corrected chi connectivity index (χ0v) is 28.1. The number of carbonyl (C=O) groups excluding carboxylic acids is 2. The Morgan fingerprint density at radius 2 is 1.76 bits per heavy atom. The van der Waals surface area contributed by atoms with Crippen LogP contribution in [0.25, 0.3) is 22.2 Å². The fourth-order valence-corrected chi connectivity index (χ4v) is 7.85. The lowest BCUT2D eigenvalue weighted by molar-refractivity contribution is -0.147. The molecule has 1 saturated carbocycles. The fraction of sp³-hybridized carbons (Fsp3) is 0.381. The first kappa shape index (κ1) is 32.8. The third kappa shape index (κ3) is 7.03. The summed E-state index contributed by atoms with van der Waals surface area (Å²) in [5, 5.41) is 11.2. The van der Waals surface area contributed by atoms with Gasteiger partial charge < -0.3 is 14.7 Å². The quantitative estimate of drug-likeness (QED) is 0.211. The molecular formula is C42H44N2O5. The highest BCUT2D eigenvalue weighted by Gasteiger charge is 2.61. The molecule has 0 bridgehead atoms. The summed E-state index contributed by atoms with van der Waals surface area (Å²) in [6.07, 6.45) is 9.42. The predicted octanol–water partition coefficient (Wildman–Crippen LogP) is 7.99. The van der Waals surface area contributed by atoms with Gasteiger partial charge in [-0.1, -0.05) is 91.7 Å². The molecular weight excluding hydrogens is 612 g/mol. The molecule has 7 rings (SSSR count). The van der Waals surface area contributed by atoms with Crippen LogP contribution < -0.4 is 4.74 Å². The molecule has 5 atom stereocenters. The van der Waals surface area contributed by atoms with Gasteiger partial charge in [0.1, 0.15) is 11.9 Å². The number of carboxylic acid groups (broad SMARTS) is 1. The minimum absolute atomic E-state index is 0.0433. The zero-order chi connectivity index (χ0) is 34.0. The Kier molecular flexibility index (Phi) is 9.35. The topological polar surface area (TPSA) is 96.8 Å². The Hall–Kier alpha value is -4.78. The number of aromatic nitrogens is 1. The van der Waals surface area contributed by atoms with E-state index in [0.717, 1.165) is 65.4 Å². The molecule has 3 heterocycles. The minimum Gasteiger partial charge on any atom is -0.488 e. The number of aryl methyl sites for hydroxylation is 1. The van der Waals surface area contributed by atoms with E-state index in [9.17, 15) is 19.5 Å².